The third-order valence-corrected chi connectivity index (χ3v) is 7.18. The Morgan fingerprint density at radius 1 is 1.00 bits per heavy atom. The molecule has 170 valence electrons. The minimum Gasteiger partial charge on any atom is -0.318 e. The Morgan fingerprint density at radius 3 is 2.30 bits per heavy atom. The standard InChI is InChI=1S/C27H27ClN2O2S/c1-17-14-20(18(2)30(17)22-12-10-21(11-13-22)27(3,4)5)15-24-25(31)29(26(32)33-24)16-19-8-6-7-9-23(19)28/h6-15H,16H2,1-5H3/b24-15-. The van der Waals surface area contributed by atoms with E-state index >= 15 is 0 Å². The van der Waals surface area contributed by atoms with Gasteiger partial charge in [-0.25, -0.2) is 0 Å². The molecule has 2 amide bonds. The lowest BCUT2D eigenvalue weighted by molar-refractivity contribution is -0.123. The van der Waals surface area contributed by atoms with Crippen LogP contribution in [0, 0.1) is 13.8 Å². The van der Waals surface area contributed by atoms with E-state index in [1.165, 1.54) is 10.5 Å². The van der Waals surface area contributed by atoms with Crippen molar-refractivity contribution in [3.8, 4) is 5.69 Å². The summed E-state index contributed by atoms with van der Waals surface area (Å²) in [5.41, 5.74) is 6.21. The molecule has 0 bridgehead atoms. The van der Waals surface area contributed by atoms with Crippen LogP contribution in [0.3, 0.4) is 0 Å². The molecule has 0 unspecified atom stereocenters. The van der Waals surface area contributed by atoms with Crippen molar-refractivity contribution >= 4 is 40.6 Å². The van der Waals surface area contributed by atoms with Gasteiger partial charge < -0.3 is 4.57 Å². The van der Waals surface area contributed by atoms with E-state index < -0.39 is 0 Å². The summed E-state index contributed by atoms with van der Waals surface area (Å²) in [5, 5.41) is 0.263. The van der Waals surface area contributed by atoms with Crippen molar-refractivity contribution < 1.29 is 9.59 Å². The first-order valence-corrected chi connectivity index (χ1v) is 12.0. The molecular weight excluding hydrogens is 452 g/mol. The first-order valence-electron chi connectivity index (χ1n) is 10.8. The van der Waals surface area contributed by atoms with Gasteiger partial charge in [-0.1, -0.05) is 62.7 Å². The molecule has 0 spiro atoms. The van der Waals surface area contributed by atoms with Crippen LogP contribution >= 0.6 is 23.4 Å². The lowest BCUT2D eigenvalue weighted by Gasteiger charge is -2.20. The van der Waals surface area contributed by atoms with Crippen molar-refractivity contribution in [2.45, 2.75) is 46.6 Å². The molecule has 1 aromatic heterocycles. The number of halogens is 1. The first kappa shape index (κ1) is 23.4. The van der Waals surface area contributed by atoms with Crippen LogP contribution < -0.4 is 0 Å². The second kappa shape index (κ2) is 8.88. The van der Waals surface area contributed by atoms with Crippen LogP contribution in [0.5, 0.6) is 0 Å². The van der Waals surface area contributed by atoms with Gasteiger partial charge >= 0.3 is 0 Å². The van der Waals surface area contributed by atoms with Crippen molar-refractivity contribution in [1.82, 2.24) is 9.47 Å². The number of nitrogens with zero attached hydrogens (tertiary/aromatic N) is 2. The number of carbonyl (C=O) groups is 2. The second-order valence-electron chi connectivity index (χ2n) is 9.32. The minimum absolute atomic E-state index is 0.0946. The fourth-order valence-corrected chi connectivity index (χ4v) is 5.04. The summed E-state index contributed by atoms with van der Waals surface area (Å²) < 4.78 is 2.17. The van der Waals surface area contributed by atoms with E-state index in [2.05, 4.69) is 55.7 Å². The Balaban J connectivity index is 1.62. The van der Waals surface area contributed by atoms with Crippen LogP contribution in [-0.2, 0) is 16.8 Å². The van der Waals surface area contributed by atoms with Crippen LogP contribution in [0.2, 0.25) is 5.02 Å². The van der Waals surface area contributed by atoms with Crippen LogP contribution in [0.15, 0.2) is 59.5 Å². The molecule has 0 atom stereocenters. The zero-order chi connectivity index (χ0) is 23.9. The molecule has 2 heterocycles. The van der Waals surface area contributed by atoms with Crippen LogP contribution in [0.25, 0.3) is 11.8 Å². The zero-order valence-corrected chi connectivity index (χ0v) is 21.1. The average Bonchev–Trinajstić information content (AvgIpc) is 3.18. The third kappa shape index (κ3) is 4.66. The van der Waals surface area contributed by atoms with Gasteiger partial charge in [-0.2, -0.15) is 0 Å². The summed E-state index contributed by atoms with van der Waals surface area (Å²) in [6, 6.07) is 17.9. The highest BCUT2D eigenvalue weighted by molar-refractivity contribution is 8.18. The number of amides is 2. The van der Waals surface area contributed by atoms with E-state index in [-0.39, 0.29) is 23.1 Å². The van der Waals surface area contributed by atoms with E-state index in [4.69, 9.17) is 11.6 Å². The fourth-order valence-electron chi connectivity index (χ4n) is 4.02. The number of hydrogen-bond donors (Lipinski definition) is 0. The molecule has 2 aromatic carbocycles. The van der Waals surface area contributed by atoms with Gasteiger partial charge in [-0.15, -0.1) is 0 Å². The van der Waals surface area contributed by atoms with Gasteiger partial charge in [0.15, 0.2) is 0 Å². The SMILES string of the molecule is Cc1cc(/C=C2\SC(=O)N(Cc3ccccc3Cl)C2=O)c(C)n1-c1ccc(C(C)(C)C)cc1. The van der Waals surface area contributed by atoms with Gasteiger partial charge in [-0.05, 0) is 78.1 Å². The summed E-state index contributed by atoms with van der Waals surface area (Å²) in [6.07, 6.45) is 1.82. The van der Waals surface area contributed by atoms with Gasteiger partial charge in [0.1, 0.15) is 0 Å². The van der Waals surface area contributed by atoms with E-state index in [0.717, 1.165) is 40.0 Å². The fraction of sp³-hybridized carbons (Fsp3) is 0.259. The zero-order valence-electron chi connectivity index (χ0n) is 19.5. The van der Waals surface area contributed by atoms with Crippen molar-refractivity contribution in [2.24, 2.45) is 0 Å². The van der Waals surface area contributed by atoms with Gasteiger partial charge in [-0.3, -0.25) is 14.5 Å². The minimum atomic E-state index is -0.288. The number of thioether (sulfide) groups is 1. The maximum Gasteiger partial charge on any atom is 0.293 e. The number of rotatable bonds is 4. The molecule has 1 saturated heterocycles. The largest absolute Gasteiger partial charge is 0.318 e. The predicted molar refractivity (Wildman–Crippen MR) is 137 cm³/mol. The smallest absolute Gasteiger partial charge is 0.293 e. The predicted octanol–water partition coefficient (Wildman–Crippen LogP) is 7.28. The molecular formula is C27H27ClN2O2S. The molecule has 3 aromatic rings. The summed E-state index contributed by atoms with van der Waals surface area (Å²) in [6.45, 7) is 10.8. The molecule has 1 fully saturated rings. The van der Waals surface area contributed by atoms with Gasteiger partial charge in [0, 0.05) is 22.1 Å². The molecule has 4 nitrogen and oxygen atoms in total. The van der Waals surface area contributed by atoms with E-state index in [9.17, 15) is 9.59 Å². The Hall–Kier alpha value is -2.76. The summed E-state index contributed by atoms with van der Waals surface area (Å²) in [5.74, 6) is -0.288. The number of aromatic nitrogens is 1. The Kier molecular flexibility index (Phi) is 6.30. The lowest BCUT2D eigenvalue weighted by Crippen LogP contribution is -2.27. The van der Waals surface area contributed by atoms with Crippen molar-refractivity contribution in [3.63, 3.8) is 0 Å². The highest BCUT2D eigenvalue weighted by atomic mass is 35.5. The highest BCUT2D eigenvalue weighted by Crippen LogP contribution is 2.35. The lowest BCUT2D eigenvalue weighted by atomic mass is 9.87. The molecule has 33 heavy (non-hydrogen) atoms. The van der Waals surface area contributed by atoms with Crippen molar-refractivity contribution in [1.29, 1.82) is 0 Å². The van der Waals surface area contributed by atoms with Crippen LogP contribution in [0.1, 0.15) is 48.8 Å². The van der Waals surface area contributed by atoms with E-state index in [1.807, 2.05) is 38.1 Å². The molecule has 0 radical (unpaired) electrons. The monoisotopic (exact) mass is 478 g/mol. The summed E-state index contributed by atoms with van der Waals surface area (Å²) in [7, 11) is 0. The maximum atomic E-state index is 13.0. The molecule has 6 heteroatoms. The maximum absolute atomic E-state index is 13.0. The number of imide groups is 1. The quantitative estimate of drug-likeness (QED) is 0.370. The molecule has 1 aliphatic rings. The van der Waals surface area contributed by atoms with Crippen molar-refractivity contribution in [3.05, 3.63) is 92.6 Å². The molecule has 0 saturated carbocycles. The van der Waals surface area contributed by atoms with Gasteiger partial charge in [0.25, 0.3) is 11.1 Å². The number of hydrogen-bond acceptors (Lipinski definition) is 3. The van der Waals surface area contributed by atoms with E-state index in [0.29, 0.717) is 9.93 Å². The third-order valence-electron chi connectivity index (χ3n) is 5.91. The highest BCUT2D eigenvalue weighted by Gasteiger charge is 2.35. The van der Waals surface area contributed by atoms with Gasteiger partial charge in [0.05, 0.1) is 11.4 Å². The number of carbonyl (C=O) groups excluding carboxylic acids is 2. The molecule has 0 N–H and O–H groups in total. The average molecular weight is 479 g/mol. The van der Waals surface area contributed by atoms with Crippen LogP contribution in [-0.4, -0.2) is 20.6 Å². The Labute approximate surface area is 204 Å². The Morgan fingerprint density at radius 2 is 1.67 bits per heavy atom. The molecule has 0 aliphatic carbocycles. The second-order valence-corrected chi connectivity index (χ2v) is 10.7. The summed E-state index contributed by atoms with van der Waals surface area (Å²) in [4.78, 5) is 27.3. The molecule has 4 rings (SSSR count). The van der Waals surface area contributed by atoms with Crippen molar-refractivity contribution in [2.75, 3.05) is 0 Å². The number of aryl methyl sites for hydroxylation is 1. The van der Waals surface area contributed by atoms with Gasteiger partial charge in [0.2, 0.25) is 0 Å². The first-order chi connectivity index (χ1) is 15.6. The van der Waals surface area contributed by atoms with Crippen LogP contribution in [0.4, 0.5) is 4.79 Å². The topological polar surface area (TPSA) is 42.3 Å². The number of benzene rings is 2. The Bertz CT molecular complexity index is 1270. The molecule has 1 aliphatic heterocycles. The van der Waals surface area contributed by atoms with E-state index in [1.54, 1.807) is 6.07 Å². The normalized spacial score (nSPS) is 15.7. The summed E-state index contributed by atoms with van der Waals surface area (Å²) >= 11 is 7.20.